The summed E-state index contributed by atoms with van der Waals surface area (Å²) in [4.78, 5) is 4.51. The Morgan fingerprint density at radius 2 is 2.18 bits per heavy atom. The Balaban J connectivity index is 2.31. The summed E-state index contributed by atoms with van der Waals surface area (Å²) in [5.41, 5.74) is 3.32. The Kier molecular flexibility index (Phi) is 3.79. The molecule has 3 nitrogen and oxygen atoms in total. The number of likely N-dealkylation sites (N-methyl/N-ethyl adjacent to an activating group) is 1. The van der Waals surface area contributed by atoms with Crippen LogP contribution in [0.3, 0.4) is 0 Å². The first-order valence-electron chi connectivity index (χ1n) is 6.16. The van der Waals surface area contributed by atoms with Gasteiger partial charge in [-0.3, -0.25) is 4.98 Å². The zero-order valence-electron chi connectivity index (χ0n) is 10.8. The van der Waals surface area contributed by atoms with E-state index in [-0.39, 0.29) is 6.04 Å². The molecule has 0 spiro atoms. The van der Waals surface area contributed by atoms with Crippen molar-refractivity contribution < 1.29 is 4.74 Å². The molecule has 17 heavy (non-hydrogen) atoms. The summed E-state index contributed by atoms with van der Waals surface area (Å²) >= 11 is 0. The van der Waals surface area contributed by atoms with Crippen molar-refractivity contribution >= 4 is 0 Å². The van der Waals surface area contributed by atoms with Gasteiger partial charge in [0.1, 0.15) is 5.76 Å². The average molecular weight is 232 g/mol. The number of aromatic nitrogens is 1. The maximum absolute atomic E-state index is 5.74. The van der Waals surface area contributed by atoms with Crippen molar-refractivity contribution in [1.29, 1.82) is 0 Å². The van der Waals surface area contributed by atoms with Gasteiger partial charge in [-0.05, 0) is 51.4 Å². The van der Waals surface area contributed by atoms with Crippen LogP contribution >= 0.6 is 0 Å². The molecule has 2 rings (SSSR count). The van der Waals surface area contributed by atoms with Crippen molar-refractivity contribution in [2.24, 2.45) is 0 Å². The van der Waals surface area contributed by atoms with Crippen molar-refractivity contribution in [3.8, 4) is 0 Å². The van der Waals surface area contributed by atoms with Crippen molar-refractivity contribution in [3.05, 3.63) is 40.9 Å². The van der Waals surface area contributed by atoms with E-state index in [1.807, 2.05) is 14.0 Å². The standard InChI is InChI=1S/C14H20N2O/c1-10-7-8-12(11(2)16-10)14(15-3)13-6-4-5-9-17-13/h6-8,14-15H,4-5,9H2,1-3H3. The smallest absolute Gasteiger partial charge is 0.113 e. The van der Waals surface area contributed by atoms with Gasteiger partial charge in [0.2, 0.25) is 0 Å². The minimum atomic E-state index is 0.128. The number of pyridine rings is 1. The second kappa shape index (κ2) is 5.32. The highest BCUT2D eigenvalue weighted by molar-refractivity contribution is 5.30. The summed E-state index contributed by atoms with van der Waals surface area (Å²) in [6, 6.07) is 4.32. The third kappa shape index (κ3) is 2.67. The molecule has 3 heteroatoms. The van der Waals surface area contributed by atoms with Gasteiger partial charge in [0.05, 0.1) is 12.6 Å². The monoisotopic (exact) mass is 232 g/mol. The van der Waals surface area contributed by atoms with E-state index in [2.05, 4.69) is 35.4 Å². The molecule has 1 aromatic heterocycles. The van der Waals surface area contributed by atoms with Gasteiger partial charge in [0, 0.05) is 11.4 Å². The van der Waals surface area contributed by atoms with Crippen LogP contribution in [0.25, 0.3) is 0 Å². The van der Waals surface area contributed by atoms with Gasteiger partial charge in [-0.15, -0.1) is 0 Å². The molecule has 1 unspecified atom stereocenters. The van der Waals surface area contributed by atoms with Crippen molar-refractivity contribution in [3.63, 3.8) is 0 Å². The third-order valence-corrected chi connectivity index (χ3v) is 3.11. The van der Waals surface area contributed by atoms with E-state index in [0.717, 1.165) is 36.6 Å². The van der Waals surface area contributed by atoms with Gasteiger partial charge in [-0.1, -0.05) is 6.07 Å². The van der Waals surface area contributed by atoms with Crippen LogP contribution in [0.2, 0.25) is 0 Å². The van der Waals surface area contributed by atoms with Crippen LogP contribution in [0.1, 0.15) is 35.8 Å². The van der Waals surface area contributed by atoms with E-state index in [9.17, 15) is 0 Å². The molecule has 0 aliphatic carbocycles. The molecule has 0 aromatic carbocycles. The lowest BCUT2D eigenvalue weighted by Crippen LogP contribution is -2.23. The highest BCUT2D eigenvalue weighted by Gasteiger charge is 2.20. The quantitative estimate of drug-likeness (QED) is 0.870. The molecular formula is C14H20N2O. The summed E-state index contributed by atoms with van der Waals surface area (Å²) in [6.45, 7) is 4.89. The lowest BCUT2D eigenvalue weighted by Gasteiger charge is -2.24. The maximum Gasteiger partial charge on any atom is 0.113 e. The topological polar surface area (TPSA) is 34.1 Å². The molecule has 0 radical (unpaired) electrons. The van der Waals surface area contributed by atoms with Gasteiger partial charge in [-0.2, -0.15) is 0 Å². The first-order valence-corrected chi connectivity index (χ1v) is 6.16. The summed E-state index contributed by atoms with van der Waals surface area (Å²) in [5, 5.41) is 3.32. The second-order valence-corrected chi connectivity index (χ2v) is 4.45. The molecule has 1 aliphatic rings. The minimum Gasteiger partial charge on any atom is -0.496 e. The molecule has 0 bridgehead atoms. The molecule has 2 heterocycles. The van der Waals surface area contributed by atoms with Crippen LogP contribution in [-0.4, -0.2) is 18.6 Å². The summed E-state index contributed by atoms with van der Waals surface area (Å²) in [6.07, 6.45) is 4.40. The lowest BCUT2D eigenvalue weighted by molar-refractivity contribution is 0.169. The summed E-state index contributed by atoms with van der Waals surface area (Å²) < 4.78 is 5.74. The molecule has 0 amide bonds. The molecule has 1 aromatic rings. The highest BCUT2D eigenvalue weighted by atomic mass is 16.5. The van der Waals surface area contributed by atoms with Gasteiger partial charge in [0.15, 0.2) is 0 Å². The van der Waals surface area contributed by atoms with E-state index >= 15 is 0 Å². The van der Waals surface area contributed by atoms with E-state index in [0.29, 0.717) is 0 Å². The van der Waals surface area contributed by atoms with E-state index < -0.39 is 0 Å². The van der Waals surface area contributed by atoms with Crippen LogP contribution in [0.5, 0.6) is 0 Å². The Bertz CT molecular complexity index is 426. The maximum atomic E-state index is 5.74. The molecule has 0 saturated heterocycles. The summed E-state index contributed by atoms with van der Waals surface area (Å²) in [7, 11) is 1.96. The fraction of sp³-hybridized carbons (Fsp3) is 0.500. The number of hydrogen-bond donors (Lipinski definition) is 1. The SMILES string of the molecule is CNC(C1=CCCCO1)c1ccc(C)nc1C. The number of ether oxygens (including phenoxy) is 1. The van der Waals surface area contributed by atoms with Crippen LogP contribution in [0, 0.1) is 13.8 Å². The van der Waals surface area contributed by atoms with Gasteiger partial charge >= 0.3 is 0 Å². The minimum absolute atomic E-state index is 0.128. The number of allylic oxidation sites excluding steroid dienone is 1. The average Bonchev–Trinajstić information content (AvgIpc) is 2.34. The van der Waals surface area contributed by atoms with E-state index in [4.69, 9.17) is 4.74 Å². The van der Waals surface area contributed by atoms with Crippen LogP contribution in [0.15, 0.2) is 24.0 Å². The van der Waals surface area contributed by atoms with E-state index in [1.54, 1.807) is 0 Å². The molecular weight excluding hydrogens is 212 g/mol. The first-order chi connectivity index (χ1) is 8.22. The van der Waals surface area contributed by atoms with Crippen LogP contribution < -0.4 is 5.32 Å². The summed E-state index contributed by atoms with van der Waals surface area (Å²) in [5.74, 6) is 1.03. The van der Waals surface area contributed by atoms with Crippen molar-refractivity contribution in [2.45, 2.75) is 32.7 Å². The highest BCUT2D eigenvalue weighted by Crippen LogP contribution is 2.27. The third-order valence-electron chi connectivity index (χ3n) is 3.11. The van der Waals surface area contributed by atoms with Gasteiger partial charge in [-0.25, -0.2) is 0 Å². The Morgan fingerprint density at radius 1 is 1.35 bits per heavy atom. The van der Waals surface area contributed by atoms with Gasteiger partial charge < -0.3 is 10.1 Å². The van der Waals surface area contributed by atoms with Crippen molar-refractivity contribution in [1.82, 2.24) is 10.3 Å². The predicted molar refractivity (Wildman–Crippen MR) is 68.8 cm³/mol. The predicted octanol–water partition coefficient (Wildman–Crippen LogP) is 2.65. The number of rotatable bonds is 3. The Labute approximate surface area is 103 Å². The van der Waals surface area contributed by atoms with Crippen LogP contribution in [0.4, 0.5) is 0 Å². The largest absolute Gasteiger partial charge is 0.496 e. The fourth-order valence-corrected chi connectivity index (χ4v) is 2.23. The normalized spacial score (nSPS) is 17.2. The van der Waals surface area contributed by atoms with Crippen LogP contribution in [-0.2, 0) is 4.74 Å². The van der Waals surface area contributed by atoms with Crippen molar-refractivity contribution in [2.75, 3.05) is 13.7 Å². The number of nitrogens with one attached hydrogen (secondary N) is 1. The molecule has 0 saturated carbocycles. The number of hydrogen-bond acceptors (Lipinski definition) is 3. The number of aryl methyl sites for hydroxylation is 2. The van der Waals surface area contributed by atoms with E-state index in [1.165, 1.54) is 5.56 Å². The Morgan fingerprint density at radius 3 is 2.76 bits per heavy atom. The first kappa shape index (κ1) is 12.1. The zero-order valence-corrected chi connectivity index (χ0v) is 10.8. The van der Waals surface area contributed by atoms with Gasteiger partial charge in [0.25, 0.3) is 0 Å². The lowest BCUT2D eigenvalue weighted by atomic mass is 10.0. The molecule has 92 valence electrons. The zero-order chi connectivity index (χ0) is 12.3. The molecule has 1 N–H and O–H groups in total. The number of nitrogens with zero attached hydrogens (tertiary/aromatic N) is 1. The Hall–Kier alpha value is -1.35. The molecule has 0 fully saturated rings. The fourth-order valence-electron chi connectivity index (χ4n) is 2.23. The molecule has 1 atom stereocenters. The second-order valence-electron chi connectivity index (χ2n) is 4.45. The molecule has 1 aliphatic heterocycles.